The molecule has 7 heteroatoms. The quantitative estimate of drug-likeness (QED) is 0.807. The number of carbonyl (C=O) groups excluding carboxylic acids is 1. The molecule has 0 bridgehead atoms. The number of furan rings is 1. The number of rotatable bonds is 7. The minimum atomic E-state index is -0.174. The molecule has 2 aromatic rings. The maximum atomic E-state index is 12.2. The highest BCUT2D eigenvalue weighted by molar-refractivity contribution is 7.13. The third-order valence-corrected chi connectivity index (χ3v) is 4.07. The van der Waals surface area contributed by atoms with Crippen molar-refractivity contribution in [2.24, 2.45) is 5.73 Å². The van der Waals surface area contributed by atoms with Crippen molar-refractivity contribution in [3.8, 4) is 10.8 Å². The maximum absolute atomic E-state index is 12.2. The van der Waals surface area contributed by atoms with E-state index in [1.54, 1.807) is 5.38 Å². The highest BCUT2D eigenvalue weighted by atomic mass is 35.5. The molecule has 2 heterocycles. The van der Waals surface area contributed by atoms with Crippen LogP contribution in [-0.4, -0.2) is 23.5 Å². The van der Waals surface area contributed by atoms with Gasteiger partial charge in [0.05, 0.1) is 0 Å². The summed E-state index contributed by atoms with van der Waals surface area (Å²) in [6.07, 6.45) is 3.04. The van der Waals surface area contributed by atoms with Gasteiger partial charge >= 0.3 is 0 Å². The maximum Gasteiger partial charge on any atom is 0.271 e. The average Bonchev–Trinajstić information content (AvgIpc) is 3.11. The lowest BCUT2D eigenvalue weighted by molar-refractivity contribution is 0.0931. The monoisotopic (exact) mass is 343 g/mol. The van der Waals surface area contributed by atoms with Gasteiger partial charge in [-0.2, -0.15) is 0 Å². The lowest BCUT2D eigenvalue weighted by Crippen LogP contribution is -2.40. The van der Waals surface area contributed by atoms with Crippen LogP contribution in [0.15, 0.2) is 21.9 Å². The summed E-state index contributed by atoms with van der Waals surface area (Å²) in [5.41, 5.74) is 6.11. The summed E-state index contributed by atoms with van der Waals surface area (Å²) in [5, 5.41) is 5.40. The Hall–Kier alpha value is -1.37. The van der Waals surface area contributed by atoms with E-state index in [0.29, 0.717) is 23.0 Å². The zero-order valence-corrected chi connectivity index (χ0v) is 14.4. The first-order valence-electron chi connectivity index (χ1n) is 7.17. The Labute approximate surface area is 140 Å². The van der Waals surface area contributed by atoms with Crippen LogP contribution >= 0.6 is 23.7 Å². The topological polar surface area (TPSA) is 81.1 Å². The summed E-state index contributed by atoms with van der Waals surface area (Å²) in [6, 6.07) is 3.75. The van der Waals surface area contributed by atoms with Crippen LogP contribution in [0.5, 0.6) is 0 Å². The minimum absolute atomic E-state index is 0. The van der Waals surface area contributed by atoms with E-state index in [4.69, 9.17) is 10.2 Å². The molecule has 3 N–H and O–H groups in total. The number of hydrogen-bond donors (Lipinski definition) is 2. The molecule has 1 atom stereocenters. The smallest absolute Gasteiger partial charge is 0.271 e. The summed E-state index contributed by atoms with van der Waals surface area (Å²) >= 11 is 1.40. The molecule has 0 aliphatic rings. The van der Waals surface area contributed by atoms with E-state index in [1.165, 1.54) is 11.3 Å². The highest BCUT2D eigenvalue weighted by Crippen LogP contribution is 2.25. The Morgan fingerprint density at radius 1 is 1.50 bits per heavy atom. The molecule has 0 saturated heterocycles. The SMILES string of the molecule is CCCCC(CN)NC(=O)c1csc(-c2ccc(C)o2)n1.Cl. The standard InChI is InChI=1S/C15H21N3O2S.ClH/c1-3-4-5-11(8-16)17-14(19)12-9-21-15(18-12)13-7-6-10(2)20-13;/h6-7,9,11H,3-5,8,16H2,1-2H3,(H,17,19);1H. The van der Waals surface area contributed by atoms with Gasteiger partial charge in [-0.3, -0.25) is 4.79 Å². The van der Waals surface area contributed by atoms with Gasteiger partial charge in [0.15, 0.2) is 10.8 Å². The number of nitrogens with one attached hydrogen (secondary N) is 1. The van der Waals surface area contributed by atoms with Crippen LogP contribution in [0.4, 0.5) is 0 Å². The fourth-order valence-electron chi connectivity index (χ4n) is 2.00. The first kappa shape index (κ1) is 18.7. The normalized spacial score (nSPS) is 11.8. The number of nitrogens with zero attached hydrogens (tertiary/aromatic N) is 1. The Balaban J connectivity index is 0.00000242. The van der Waals surface area contributed by atoms with E-state index in [1.807, 2.05) is 19.1 Å². The first-order chi connectivity index (χ1) is 10.1. The summed E-state index contributed by atoms with van der Waals surface area (Å²) in [6.45, 7) is 4.44. The van der Waals surface area contributed by atoms with Crippen molar-refractivity contribution in [1.29, 1.82) is 0 Å². The van der Waals surface area contributed by atoms with Crippen LogP contribution in [-0.2, 0) is 0 Å². The van der Waals surface area contributed by atoms with E-state index in [-0.39, 0.29) is 24.4 Å². The number of hydrogen-bond acceptors (Lipinski definition) is 5. The molecule has 0 saturated carbocycles. The second-order valence-corrected chi connectivity index (χ2v) is 5.85. The summed E-state index contributed by atoms with van der Waals surface area (Å²) in [7, 11) is 0. The van der Waals surface area contributed by atoms with Gasteiger partial charge in [-0.05, 0) is 25.5 Å². The number of halogens is 1. The van der Waals surface area contributed by atoms with E-state index in [9.17, 15) is 4.79 Å². The highest BCUT2D eigenvalue weighted by Gasteiger charge is 2.16. The zero-order valence-electron chi connectivity index (χ0n) is 12.8. The van der Waals surface area contributed by atoms with Crippen LogP contribution in [0, 0.1) is 6.92 Å². The third kappa shape index (κ3) is 4.83. The molecule has 0 fully saturated rings. The van der Waals surface area contributed by atoms with Crippen LogP contribution in [0.3, 0.4) is 0 Å². The molecular formula is C15H22ClN3O2S. The molecule has 0 spiro atoms. The number of aromatic nitrogens is 1. The molecule has 0 aliphatic carbocycles. The number of aryl methyl sites for hydroxylation is 1. The van der Waals surface area contributed by atoms with E-state index < -0.39 is 0 Å². The second kappa shape index (κ2) is 8.92. The zero-order chi connectivity index (χ0) is 15.2. The Morgan fingerprint density at radius 2 is 2.27 bits per heavy atom. The van der Waals surface area contributed by atoms with E-state index in [2.05, 4.69) is 17.2 Å². The lowest BCUT2D eigenvalue weighted by Gasteiger charge is -2.15. The summed E-state index contributed by atoms with van der Waals surface area (Å²) < 4.78 is 5.51. The Morgan fingerprint density at radius 3 is 2.86 bits per heavy atom. The van der Waals surface area contributed by atoms with Crippen molar-refractivity contribution in [3.05, 3.63) is 29.0 Å². The fourth-order valence-corrected chi connectivity index (χ4v) is 2.76. The predicted molar refractivity (Wildman–Crippen MR) is 91.6 cm³/mol. The van der Waals surface area contributed by atoms with Gasteiger partial charge in [-0.1, -0.05) is 19.8 Å². The van der Waals surface area contributed by atoms with E-state index in [0.717, 1.165) is 25.0 Å². The van der Waals surface area contributed by atoms with Gasteiger partial charge in [-0.15, -0.1) is 23.7 Å². The van der Waals surface area contributed by atoms with Crippen LogP contribution < -0.4 is 11.1 Å². The first-order valence-corrected chi connectivity index (χ1v) is 8.05. The molecule has 0 aliphatic heterocycles. The average molecular weight is 344 g/mol. The van der Waals surface area contributed by atoms with Gasteiger partial charge in [0, 0.05) is 18.0 Å². The minimum Gasteiger partial charge on any atom is -0.459 e. The lowest BCUT2D eigenvalue weighted by atomic mass is 10.1. The van der Waals surface area contributed by atoms with Crippen molar-refractivity contribution < 1.29 is 9.21 Å². The van der Waals surface area contributed by atoms with Crippen LogP contribution in [0.25, 0.3) is 10.8 Å². The van der Waals surface area contributed by atoms with Gasteiger partial charge in [0.25, 0.3) is 5.91 Å². The second-order valence-electron chi connectivity index (χ2n) is 5.00. The number of thiazole rings is 1. The molecule has 22 heavy (non-hydrogen) atoms. The van der Waals surface area contributed by atoms with Gasteiger partial charge < -0.3 is 15.5 Å². The molecule has 0 radical (unpaired) electrons. The molecular weight excluding hydrogens is 322 g/mol. The fraction of sp³-hybridized carbons (Fsp3) is 0.467. The van der Waals surface area contributed by atoms with Crippen LogP contribution in [0.2, 0.25) is 0 Å². The van der Waals surface area contributed by atoms with Gasteiger partial charge in [0.1, 0.15) is 11.5 Å². The molecule has 2 aromatic heterocycles. The number of unbranched alkanes of at least 4 members (excludes halogenated alkanes) is 1. The van der Waals surface area contributed by atoms with Gasteiger partial charge in [-0.25, -0.2) is 4.98 Å². The number of carbonyl (C=O) groups is 1. The van der Waals surface area contributed by atoms with Crippen molar-refractivity contribution in [1.82, 2.24) is 10.3 Å². The molecule has 5 nitrogen and oxygen atoms in total. The van der Waals surface area contributed by atoms with Crippen molar-refractivity contribution in [2.75, 3.05) is 6.54 Å². The van der Waals surface area contributed by atoms with E-state index >= 15 is 0 Å². The Bertz CT molecular complexity index is 597. The summed E-state index contributed by atoms with van der Waals surface area (Å²) in [4.78, 5) is 16.5. The Kier molecular flexibility index (Phi) is 7.58. The molecule has 0 aromatic carbocycles. The molecule has 1 amide bonds. The van der Waals surface area contributed by atoms with Crippen LogP contribution in [0.1, 0.15) is 42.4 Å². The summed E-state index contributed by atoms with van der Waals surface area (Å²) in [5.74, 6) is 1.35. The predicted octanol–water partition coefficient (Wildman–Crippen LogP) is 3.38. The largest absolute Gasteiger partial charge is 0.459 e. The van der Waals surface area contributed by atoms with Crippen molar-refractivity contribution in [3.63, 3.8) is 0 Å². The van der Waals surface area contributed by atoms with Crippen molar-refractivity contribution >= 4 is 29.7 Å². The molecule has 2 rings (SSSR count). The number of amides is 1. The molecule has 1 unspecified atom stereocenters. The van der Waals surface area contributed by atoms with Gasteiger partial charge in [0.2, 0.25) is 0 Å². The third-order valence-electron chi connectivity index (χ3n) is 3.21. The molecule has 122 valence electrons. The number of nitrogens with two attached hydrogens (primary N) is 1. The van der Waals surface area contributed by atoms with Crippen molar-refractivity contribution in [2.45, 2.75) is 39.2 Å².